The van der Waals surface area contributed by atoms with Crippen molar-refractivity contribution in [2.75, 3.05) is 5.32 Å². The fourth-order valence-corrected chi connectivity index (χ4v) is 1.22. The number of nitro benzene ring substituents is 1. The number of nitrogens with zero attached hydrogens (tertiary/aromatic N) is 1. The number of aliphatic hydroxyl groups is 1. The Hall–Kier alpha value is -1.69. The monoisotopic (exact) mass is 242 g/mol. The minimum Gasteiger partial charge on any atom is -0.391 e. The second-order valence-electron chi connectivity index (χ2n) is 4.44. The second-order valence-corrected chi connectivity index (χ2v) is 4.44. The molecule has 1 rings (SSSR count). The van der Waals surface area contributed by atoms with Crippen LogP contribution in [0.4, 0.5) is 15.8 Å². The van der Waals surface area contributed by atoms with Crippen LogP contribution in [0.15, 0.2) is 18.2 Å². The Morgan fingerprint density at radius 2 is 2.12 bits per heavy atom. The van der Waals surface area contributed by atoms with Gasteiger partial charge in [-0.3, -0.25) is 10.1 Å². The van der Waals surface area contributed by atoms with Gasteiger partial charge in [-0.15, -0.1) is 0 Å². The van der Waals surface area contributed by atoms with E-state index >= 15 is 0 Å². The van der Waals surface area contributed by atoms with E-state index < -0.39 is 22.4 Å². The maximum Gasteiger partial charge on any atom is 0.292 e. The van der Waals surface area contributed by atoms with Gasteiger partial charge in [0.25, 0.3) is 5.69 Å². The number of hydrogen-bond acceptors (Lipinski definition) is 4. The number of benzene rings is 1. The van der Waals surface area contributed by atoms with Gasteiger partial charge >= 0.3 is 0 Å². The molecule has 1 aromatic rings. The Labute approximate surface area is 98.4 Å². The predicted octanol–water partition coefficient (Wildman–Crippen LogP) is 2.31. The third-order valence-electron chi connectivity index (χ3n) is 2.66. The Bertz CT molecular complexity index is 433. The van der Waals surface area contributed by atoms with Crippen molar-refractivity contribution in [2.45, 2.75) is 32.4 Å². The number of nitro groups is 1. The van der Waals surface area contributed by atoms with Crippen LogP contribution < -0.4 is 5.32 Å². The normalized spacial score (nSPS) is 13.2. The standard InChI is InChI=1S/C11H15FN2O3/c1-7(15)11(2,3)13-9-6-8(12)4-5-10(9)14(16)17/h4-7,13,15H,1-3H3. The summed E-state index contributed by atoms with van der Waals surface area (Å²) in [5, 5.41) is 23.1. The van der Waals surface area contributed by atoms with Crippen LogP contribution in [-0.2, 0) is 0 Å². The first-order chi connectivity index (χ1) is 7.74. The zero-order chi connectivity index (χ0) is 13.2. The van der Waals surface area contributed by atoms with E-state index in [0.717, 1.165) is 18.2 Å². The molecule has 2 N–H and O–H groups in total. The highest BCUT2D eigenvalue weighted by molar-refractivity contribution is 5.62. The van der Waals surface area contributed by atoms with Crippen LogP contribution in [0.1, 0.15) is 20.8 Å². The number of anilines is 1. The summed E-state index contributed by atoms with van der Waals surface area (Å²) in [6, 6.07) is 3.16. The topological polar surface area (TPSA) is 75.4 Å². The molecule has 17 heavy (non-hydrogen) atoms. The van der Waals surface area contributed by atoms with Crippen LogP contribution in [-0.4, -0.2) is 21.7 Å². The summed E-state index contributed by atoms with van der Waals surface area (Å²) in [5.41, 5.74) is -0.959. The van der Waals surface area contributed by atoms with E-state index in [1.165, 1.54) is 0 Å². The lowest BCUT2D eigenvalue weighted by atomic mass is 9.98. The van der Waals surface area contributed by atoms with E-state index in [1.807, 2.05) is 0 Å². The summed E-state index contributed by atoms with van der Waals surface area (Å²) < 4.78 is 13.1. The summed E-state index contributed by atoms with van der Waals surface area (Å²) >= 11 is 0. The number of nitrogens with one attached hydrogen (secondary N) is 1. The highest BCUT2D eigenvalue weighted by Gasteiger charge is 2.27. The first kappa shape index (κ1) is 13.4. The van der Waals surface area contributed by atoms with Crippen LogP contribution in [0, 0.1) is 15.9 Å². The smallest absolute Gasteiger partial charge is 0.292 e. The molecule has 1 unspecified atom stereocenters. The maximum atomic E-state index is 13.1. The third kappa shape index (κ3) is 3.13. The van der Waals surface area contributed by atoms with Gasteiger partial charge in [0.15, 0.2) is 0 Å². The van der Waals surface area contributed by atoms with E-state index in [9.17, 15) is 19.6 Å². The average Bonchev–Trinajstić information content (AvgIpc) is 2.15. The summed E-state index contributed by atoms with van der Waals surface area (Å²) in [4.78, 5) is 10.2. The molecule has 0 saturated heterocycles. The van der Waals surface area contributed by atoms with Crippen molar-refractivity contribution < 1.29 is 14.4 Å². The lowest BCUT2D eigenvalue weighted by Crippen LogP contribution is -2.42. The quantitative estimate of drug-likeness (QED) is 0.627. The van der Waals surface area contributed by atoms with Crippen molar-refractivity contribution >= 4 is 11.4 Å². The lowest BCUT2D eigenvalue weighted by molar-refractivity contribution is -0.384. The Balaban J connectivity index is 3.13. The second kappa shape index (κ2) is 4.67. The van der Waals surface area contributed by atoms with Crippen molar-refractivity contribution in [1.82, 2.24) is 0 Å². The summed E-state index contributed by atoms with van der Waals surface area (Å²) in [5.74, 6) is -0.570. The van der Waals surface area contributed by atoms with Crippen molar-refractivity contribution in [2.24, 2.45) is 0 Å². The number of hydrogen-bond donors (Lipinski definition) is 2. The van der Waals surface area contributed by atoms with E-state index in [-0.39, 0.29) is 11.4 Å². The molecule has 1 atom stereocenters. The largest absolute Gasteiger partial charge is 0.391 e. The minimum absolute atomic E-state index is 0.0564. The Morgan fingerprint density at radius 3 is 2.59 bits per heavy atom. The van der Waals surface area contributed by atoms with Crippen molar-refractivity contribution in [3.8, 4) is 0 Å². The van der Waals surface area contributed by atoms with Gasteiger partial charge in [0.1, 0.15) is 11.5 Å². The summed E-state index contributed by atoms with van der Waals surface area (Å²) in [6.07, 6.45) is -0.745. The zero-order valence-corrected chi connectivity index (χ0v) is 9.90. The molecule has 0 saturated carbocycles. The Morgan fingerprint density at radius 1 is 1.53 bits per heavy atom. The molecule has 0 fully saturated rings. The van der Waals surface area contributed by atoms with Crippen LogP contribution in [0.5, 0.6) is 0 Å². The predicted molar refractivity (Wildman–Crippen MR) is 62.4 cm³/mol. The molecule has 0 amide bonds. The van der Waals surface area contributed by atoms with E-state index in [1.54, 1.807) is 20.8 Å². The molecule has 1 aromatic carbocycles. The van der Waals surface area contributed by atoms with Gasteiger partial charge in [-0.25, -0.2) is 4.39 Å². The molecule has 0 aliphatic heterocycles. The zero-order valence-electron chi connectivity index (χ0n) is 9.90. The average molecular weight is 242 g/mol. The molecule has 0 aliphatic rings. The van der Waals surface area contributed by atoms with Crippen LogP contribution >= 0.6 is 0 Å². The molecular weight excluding hydrogens is 227 g/mol. The maximum absolute atomic E-state index is 13.1. The Kier molecular flexibility index (Phi) is 3.67. The van der Waals surface area contributed by atoms with Crippen molar-refractivity contribution in [3.63, 3.8) is 0 Å². The highest BCUT2D eigenvalue weighted by atomic mass is 19.1. The minimum atomic E-state index is -0.793. The van der Waals surface area contributed by atoms with E-state index in [0.29, 0.717) is 0 Å². The van der Waals surface area contributed by atoms with Gasteiger partial charge in [0, 0.05) is 12.1 Å². The van der Waals surface area contributed by atoms with Crippen LogP contribution in [0.3, 0.4) is 0 Å². The van der Waals surface area contributed by atoms with Gasteiger partial charge in [0.2, 0.25) is 0 Å². The molecule has 0 spiro atoms. The van der Waals surface area contributed by atoms with Gasteiger partial charge in [-0.2, -0.15) is 0 Å². The van der Waals surface area contributed by atoms with Gasteiger partial charge in [-0.1, -0.05) is 0 Å². The fourth-order valence-electron chi connectivity index (χ4n) is 1.22. The highest BCUT2D eigenvalue weighted by Crippen LogP contribution is 2.28. The van der Waals surface area contributed by atoms with Gasteiger partial charge < -0.3 is 10.4 Å². The molecule has 0 aromatic heterocycles. The number of halogens is 1. The molecule has 0 radical (unpaired) electrons. The van der Waals surface area contributed by atoms with Gasteiger partial charge in [-0.05, 0) is 26.8 Å². The van der Waals surface area contributed by atoms with Crippen LogP contribution in [0.25, 0.3) is 0 Å². The fraction of sp³-hybridized carbons (Fsp3) is 0.455. The van der Waals surface area contributed by atoms with E-state index in [2.05, 4.69) is 5.32 Å². The molecule has 0 aliphatic carbocycles. The lowest BCUT2D eigenvalue weighted by Gasteiger charge is -2.30. The SMILES string of the molecule is CC(O)C(C)(C)Nc1cc(F)ccc1[N+](=O)[O-]. The van der Waals surface area contributed by atoms with E-state index in [4.69, 9.17) is 0 Å². The molecule has 5 nitrogen and oxygen atoms in total. The summed E-state index contributed by atoms with van der Waals surface area (Å²) in [7, 11) is 0. The van der Waals surface area contributed by atoms with Crippen molar-refractivity contribution in [3.05, 3.63) is 34.1 Å². The third-order valence-corrected chi connectivity index (χ3v) is 2.66. The first-order valence-electron chi connectivity index (χ1n) is 5.14. The molecule has 94 valence electrons. The summed E-state index contributed by atoms with van der Waals surface area (Å²) in [6.45, 7) is 4.90. The molecule has 0 heterocycles. The molecule has 6 heteroatoms. The number of rotatable bonds is 4. The number of aliphatic hydroxyl groups excluding tert-OH is 1. The molecule has 0 bridgehead atoms. The van der Waals surface area contributed by atoms with Crippen molar-refractivity contribution in [1.29, 1.82) is 0 Å². The first-order valence-corrected chi connectivity index (χ1v) is 5.14. The van der Waals surface area contributed by atoms with Crippen LogP contribution in [0.2, 0.25) is 0 Å². The van der Waals surface area contributed by atoms with Gasteiger partial charge in [0.05, 0.1) is 16.6 Å². The molecular formula is C11H15FN2O3.